The molecule has 142 valence electrons. The summed E-state index contributed by atoms with van der Waals surface area (Å²) in [7, 11) is 0. The highest BCUT2D eigenvalue weighted by Crippen LogP contribution is 2.26. The number of hydrogen-bond acceptors (Lipinski definition) is 4. The second-order valence-corrected chi connectivity index (χ2v) is 6.42. The molecule has 0 aliphatic carbocycles. The van der Waals surface area contributed by atoms with E-state index >= 15 is 0 Å². The number of nitrogens with zero attached hydrogens (tertiary/aromatic N) is 1. The molecular weight excluding hydrogens is 356 g/mol. The van der Waals surface area contributed by atoms with Crippen molar-refractivity contribution in [1.29, 1.82) is 0 Å². The molecule has 0 spiro atoms. The zero-order chi connectivity index (χ0) is 20.1. The van der Waals surface area contributed by atoms with Crippen LogP contribution in [0.3, 0.4) is 0 Å². The topological polar surface area (TPSA) is 81.5 Å². The maximum Gasteiger partial charge on any atom is 0.293 e. The number of rotatable bonds is 6. The Kier molecular flexibility index (Phi) is 5.69. The molecule has 0 aromatic heterocycles. The fourth-order valence-corrected chi connectivity index (χ4v) is 2.75. The number of hydrogen-bond donors (Lipinski definition) is 1. The predicted molar refractivity (Wildman–Crippen MR) is 108 cm³/mol. The first kappa shape index (κ1) is 19.1. The molecule has 3 aromatic carbocycles. The molecule has 1 N–H and O–H groups in total. The molecule has 28 heavy (non-hydrogen) atoms. The van der Waals surface area contributed by atoms with Crippen molar-refractivity contribution >= 4 is 17.3 Å². The summed E-state index contributed by atoms with van der Waals surface area (Å²) in [5.74, 6) is 0.0832. The number of aryl methyl sites for hydroxylation is 1. The molecule has 0 saturated heterocycles. The second kappa shape index (κ2) is 8.35. The number of amides is 1. The van der Waals surface area contributed by atoms with Gasteiger partial charge in [0, 0.05) is 6.07 Å². The Morgan fingerprint density at radius 1 is 1.00 bits per heavy atom. The van der Waals surface area contributed by atoms with Gasteiger partial charge in [-0.25, -0.2) is 0 Å². The Morgan fingerprint density at radius 3 is 2.29 bits per heavy atom. The minimum Gasteiger partial charge on any atom is -0.481 e. The van der Waals surface area contributed by atoms with Crippen LogP contribution in [-0.2, 0) is 4.79 Å². The highest BCUT2D eigenvalue weighted by molar-refractivity contribution is 5.96. The van der Waals surface area contributed by atoms with E-state index in [0.29, 0.717) is 5.75 Å². The molecule has 6 nitrogen and oxygen atoms in total. The quantitative estimate of drug-likeness (QED) is 0.486. The Labute approximate surface area is 162 Å². The minimum atomic E-state index is -0.816. The molecule has 0 bridgehead atoms. The fraction of sp³-hybridized carbons (Fsp3) is 0.136. The number of nitrogens with one attached hydrogen (secondary N) is 1. The van der Waals surface area contributed by atoms with E-state index in [1.54, 1.807) is 32.0 Å². The minimum absolute atomic E-state index is 0.146. The molecule has 0 heterocycles. The molecule has 1 atom stereocenters. The highest BCUT2D eigenvalue weighted by atomic mass is 16.6. The number of carbonyl (C=O) groups excluding carboxylic acids is 1. The van der Waals surface area contributed by atoms with E-state index < -0.39 is 16.9 Å². The van der Waals surface area contributed by atoms with Crippen molar-refractivity contribution in [3.8, 4) is 16.9 Å². The predicted octanol–water partition coefficient (Wildman–Crippen LogP) is 4.98. The van der Waals surface area contributed by atoms with Crippen LogP contribution in [0.5, 0.6) is 5.75 Å². The largest absolute Gasteiger partial charge is 0.481 e. The van der Waals surface area contributed by atoms with E-state index in [1.807, 2.05) is 42.5 Å². The van der Waals surface area contributed by atoms with Crippen LogP contribution < -0.4 is 10.1 Å². The summed E-state index contributed by atoms with van der Waals surface area (Å²) in [6.45, 7) is 3.35. The van der Waals surface area contributed by atoms with Gasteiger partial charge < -0.3 is 10.1 Å². The maximum atomic E-state index is 12.4. The van der Waals surface area contributed by atoms with Gasteiger partial charge in [-0.3, -0.25) is 14.9 Å². The average molecular weight is 376 g/mol. The van der Waals surface area contributed by atoms with Gasteiger partial charge in [-0.2, -0.15) is 0 Å². The van der Waals surface area contributed by atoms with Gasteiger partial charge in [0.05, 0.1) is 4.92 Å². The monoisotopic (exact) mass is 376 g/mol. The lowest BCUT2D eigenvalue weighted by molar-refractivity contribution is -0.384. The van der Waals surface area contributed by atoms with E-state index in [1.165, 1.54) is 12.1 Å². The molecule has 1 amide bonds. The number of ether oxygens (including phenoxy) is 1. The highest BCUT2D eigenvalue weighted by Gasteiger charge is 2.20. The van der Waals surface area contributed by atoms with E-state index in [9.17, 15) is 14.9 Å². The normalized spacial score (nSPS) is 11.5. The van der Waals surface area contributed by atoms with Crippen molar-refractivity contribution in [3.63, 3.8) is 0 Å². The van der Waals surface area contributed by atoms with Crippen LogP contribution in [0.25, 0.3) is 11.1 Å². The van der Waals surface area contributed by atoms with Crippen molar-refractivity contribution in [2.45, 2.75) is 20.0 Å². The number of carbonyl (C=O) groups is 1. The number of benzene rings is 3. The van der Waals surface area contributed by atoms with Gasteiger partial charge in [-0.05, 0) is 48.7 Å². The van der Waals surface area contributed by atoms with Gasteiger partial charge in [-0.15, -0.1) is 0 Å². The SMILES string of the molecule is Cc1ccc(NC(=O)C(C)Oc2ccc(-c3ccccc3)cc2)c([N+](=O)[O-])c1. The molecule has 3 rings (SSSR count). The third-order valence-corrected chi connectivity index (χ3v) is 4.25. The number of nitro benzene ring substituents is 1. The van der Waals surface area contributed by atoms with E-state index in [2.05, 4.69) is 5.32 Å². The standard InChI is InChI=1S/C22H20N2O4/c1-15-8-13-20(21(14-15)24(26)27)23-22(25)16(2)28-19-11-9-18(10-12-19)17-6-4-3-5-7-17/h3-14,16H,1-2H3,(H,23,25). The van der Waals surface area contributed by atoms with E-state index in [-0.39, 0.29) is 11.4 Å². The first-order valence-corrected chi connectivity index (χ1v) is 8.82. The number of anilines is 1. The van der Waals surface area contributed by atoms with Crippen molar-refractivity contribution < 1.29 is 14.5 Å². The summed E-state index contributed by atoms with van der Waals surface area (Å²) in [5.41, 5.74) is 2.88. The van der Waals surface area contributed by atoms with Crippen molar-refractivity contribution in [3.05, 3.63) is 88.5 Å². The molecule has 0 radical (unpaired) electrons. The summed E-state index contributed by atoms with van der Waals surface area (Å²) in [4.78, 5) is 23.1. The van der Waals surface area contributed by atoms with Crippen LogP contribution in [0, 0.1) is 17.0 Å². The second-order valence-electron chi connectivity index (χ2n) is 6.42. The van der Waals surface area contributed by atoms with E-state index in [0.717, 1.165) is 16.7 Å². The lowest BCUT2D eigenvalue weighted by Gasteiger charge is -2.15. The first-order chi connectivity index (χ1) is 13.4. The van der Waals surface area contributed by atoms with Crippen molar-refractivity contribution in [2.75, 3.05) is 5.32 Å². The maximum absolute atomic E-state index is 12.4. The molecule has 6 heteroatoms. The first-order valence-electron chi connectivity index (χ1n) is 8.82. The van der Waals surface area contributed by atoms with Crippen LogP contribution >= 0.6 is 0 Å². The van der Waals surface area contributed by atoms with Crippen LogP contribution in [-0.4, -0.2) is 16.9 Å². The van der Waals surface area contributed by atoms with Crippen LogP contribution in [0.15, 0.2) is 72.8 Å². The van der Waals surface area contributed by atoms with E-state index in [4.69, 9.17) is 4.74 Å². The van der Waals surface area contributed by atoms with Crippen molar-refractivity contribution in [1.82, 2.24) is 0 Å². The van der Waals surface area contributed by atoms with Crippen LogP contribution in [0.1, 0.15) is 12.5 Å². The Bertz CT molecular complexity index is 985. The molecule has 0 saturated carbocycles. The zero-order valence-electron chi connectivity index (χ0n) is 15.6. The molecular formula is C22H20N2O4. The van der Waals surface area contributed by atoms with Gasteiger partial charge in [0.15, 0.2) is 6.10 Å². The lowest BCUT2D eigenvalue weighted by Crippen LogP contribution is -2.30. The zero-order valence-corrected chi connectivity index (χ0v) is 15.6. The Hall–Kier alpha value is -3.67. The van der Waals surface area contributed by atoms with Crippen LogP contribution in [0.4, 0.5) is 11.4 Å². The van der Waals surface area contributed by atoms with Gasteiger partial charge in [0.2, 0.25) is 0 Å². The third-order valence-electron chi connectivity index (χ3n) is 4.25. The van der Waals surface area contributed by atoms with Crippen LogP contribution in [0.2, 0.25) is 0 Å². The molecule has 0 aliphatic rings. The summed E-state index contributed by atoms with van der Waals surface area (Å²) in [6, 6.07) is 22.0. The summed E-state index contributed by atoms with van der Waals surface area (Å²) in [5, 5.41) is 13.8. The lowest BCUT2D eigenvalue weighted by atomic mass is 10.1. The molecule has 1 unspecified atom stereocenters. The van der Waals surface area contributed by atoms with Gasteiger partial charge in [0.1, 0.15) is 11.4 Å². The Balaban J connectivity index is 1.67. The summed E-state index contributed by atoms with van der Waals surface area (Å²) >= 11 is 0. The molecule has 0 aliphatic heterocycles. The van der Waals surface area contributed by atoms with Gasteiger partial charge >= 0.3 is 0 Å². The summed E-state index contributed by atoms with van der Waals surface area (Å²) < 4.78 is 5.68. The van der Waals surface area contributed by atoms with Gasteiger partial charge in [0.25, 0.3) is 11.6 Å². The molecule has 0 fully saturated rings. The summed E-state index contributed by atoms with van der Waals surface area (Å²) in [6.07, 6.45) is -0.816. The molecule has 3 aromatic rings. The van der Waals surface area contributed by atoms with Gasteiger partial charge in [-0.1, -0.05) is 48.5 Å². The van der Waals surface area contributed by atoms with Crippen molar-refractivity contribution in [2.24, 2.45) is 0 Å². The Morgan fingerprint density at radius 2 is 1.64 bits per heavy atom. The third kappa shape index (κ3) is 4.54. The fourth-order valence-electron chi connectivity index (χ4n) is 2.75. The smallest absolute Gasteiger partial charge is 0.293 e. The number of nitro groups is 1. The average Bonchev–Trinajstić information content (AvgIpc) is 2.70.